The van der Waals surface area contributed by atoms with Gasteiger partial charge in [-0.05, 0) is 24.3 Å². The Morgan fingerprint density at radius 3 is 2.70 bits per heavy atom. The van der Waals surface area contributed by atoms with Gasteiger partial charge in [-0.15, -0.1) is 11.3 Å². The van der Waals surface area contributed by atoms with Crippen molar-refractivity contribution in [2.75, 3.05) is 6.54 Å². The van der Waals surface area contributed by atoms with Gasteiger partial charge in [0.1, 0.15) is 5.69 Å². The van der Waals surface area contributed by atoms with E-state index in [-0.39, 0.29) is 17.8 Å². The third-order valence-corrected chi connectivity index (χ3v) is 4.09. The maximum atomic E-state index is 12.7. The summed E-state index contributed by atoms with van der Waals surface area (Å²) in [5, 5.41) is 4.63. The van der Waals surface area contributed by atoms with Gasteiger partial charge in [-0.3, -0.25) is 4.79 Å². The van der Waals surface area contributed by atoms with Crippen LogP contribution in [0.4, 0.5) is 13.2 Å². The smallest absolute Gasteiger partial charge is 0.340 e. The molecule has 2 aromatic heterocycles. The van der Waals surface area contributed by atoms with Crippen molar-refractivity contribution in [3.05, 3.63) is 64.9 Å². The highest BCUT2D eigenvalue weighted by Crippen LogP contribution is 2.29. The Morgan fingerprint density at radius 1 is 1.19 bits per heavy atom. The minimum atomic E-state index is -4.42. The first kappa shape index (κ1) is 18.5. The van der Waals surface area contributed by atoms with Gasteiger partial charge in [0.05, 0.1) is 12.1 Å². The zero-order chi connectivity index (χ0) is 19.3. The number of nitrogens with one attached hydrogen (secondary N) is 1. The van der Waals surface area contributed by atoms with Crippen LogP contribution in [0.1, 0.15) is 21.6 Å². The zero-order valence-electron chi connectivity index (χ0n) is 13.6. The molecule has 0 aliphatic heterocycles. The summed E-state index contributed by atoms with van der Waals surface area (Å²) in [6, 6.07) is 6.36. The molecule has 2 heterocycles. The predicted octanol–water partition coefficient (Wildman–Crippen LogP) is 3.40. The SMILES string of the molecule is O=C(NCC#Cc1cccc(C(F)(F)F)c1)c1csc(-c2ncccn2)n1. The number of hydrogen-bond donors (Lipinski definition) is 1. The Morgan fingerprint density at radius 2 is 1.96 bits per heavy atom. The minimum Gasteiger partial charge on any atom is -0.340 e. The second-order valence-electron chi connectivity index (χ2n) is 5.17. The van der Waals surface area contributed by atoms with Gasteiger partial charge in [0.15, 0.2) is 10.8 Å². The molecule has 27 heavy (non-hydrogen) atoms. The molecule has 1 amide bonds. The van der Waals surface area contributed by atoms with E-state index >= 15 is 0 Å². The topological polar surface area (TPSA) is 67.8 Å². The molecule has 3 aromatic rings. The van der Waals surface area contributed by atoms with Gasteiger partial charge in [-0.1, -0.05) is 17.9 Å². The number of amides is 1. The van der Waals surface area contributed by atoms with Gasteiger partial charge >= 0.3 is 6.18 Å². The first-order chi connectivity index (χ1) is 12.9. The van der Waals surface area contributed by atoms with Crippen LogP contribution in [0.5, 0.6) is 0 Å². The van der Waals surface area contributed by atoms with E-state index in [1.54, 1.807) is 23.8 Å². The van der Waals surface area contributed by atoms with E-state index in [4.69, 9.17) is 0 Å². The van der Waals surface area contributed by atoms with Crippen LogP contribution in [-0.2, 0) is 6.18 Å². The van der Waals surface area contributed by atoms with Gasteiger partial charge in [0, 0.05) is 23.3 Å². The van der Waals surface area contributed by atoms with E-state index in [0.29, 0.717) is 10.8 Å². The number of benzene rings is 1. The first-order valence-corrected chi connectivity index (χ1v) is 8.49. The fraction of sp³-hybridized carbons (Fsp3) is 0.111. The number of rotatable bonds is 3. The van der Waals surface area contributed by atoms with Crippen LogP contribution in [0.15, 0.2) is 48.1 Å². The molecule has 0 spiro atoms. The Labute approximate surface area is 156 Å². The maximum absolute atomic E-state index is 12.7. The highest BCUT2D eigenvalue weighted by Gasteiger charge is 2.30. The number of nitrogens with zero attached hydrogens (tertiary/aromatic N) is 3. The van der Waals surface area contributed by atoms with Gasteiger partial charge in [-0.2, -0.15) is 13.2 Å². The molecule has 0 radical (unpaired) electrons. The molecular formula is C18H11F3N4OS. The predicted molar refractivity (Wildman–Crippen MR) is 93.8 cm³/mol. The van der Waals surface area contributed by atoms with Crippen molar-refractivity contribution in [3.63, 3.8) is 0 Å². The van der Waals surface area contributed by atoms with Gasteiger partial charge in [0.2, 0.25) is 0 Å². The molecule has 0 atom stereocenters. The van der Waals surface area contributed by atoms with E-state index in [1.807, 2.05) is 0 Å². The van der Waals surface area contributed by atoms with Crippen LogP contribution in [0, 0.1) is 11.8 Å². The third kappa shape index (κ3) is 4.89. The molecule has 0 aliphatic rings. The number of carbonyl (C=O) groups excluding carboxylic acids is 1. The molecule has 0 fully saturated rings. The highest BCUT2D eigenvalue weighted by atomic mass is 32.1. The zero-order valence-corrected chi connectivity index (χ0v) is 14.4. The number of carbonyl (C=O) groups is 1. The Kier molecular flexibility index (Phi) is 5.47. The van der Waals surface area contributed by atoms with Crippen molar-refractivity contribution in [2.45, 2.75) is 6.18 Å². The monoisotopic (exact) mass is 388 g/mol. The lowest BCUT2D eigenvalue weighted by Crippen LogP contribution is -2.23. The lowest BCUT2D eigenvalue weighted by atomic mass is 10.1. The largest absolute Gasteiger partial charge is 0.416 e. The summed E-state index contributed by atoms with van der Waals surface area (Å²) < 4.78 is 38.0. The fourth-order valence-electron chi connectivity index (χ4n) is 2.02. The Balaban J connectivity index is 1.60. The summed E-state index contributed by atoms with van der Waals surface area (Å²) in [5.41, 5.74) is -0.351. The van der Waals surface area contributed by atoms with Crippen molar-refractivity contribution in [1.82, 2.24) is 20.3 Å². The highest BCUT2D eigenvalue weighted by molar-refractivity contribution is 7.13. The van der Waals surface area contributed by atoms with Crippen LogP contribution >= 0.6 is 11.3 Å². The number of thiazole rings is 1. The van der Waals surface area contributed by atoms with E-state index < -0.39 is 17.6 Å². The van der Waals surface area contributed by atoms with Crippen molar-refractivity contribution >= 4 is 17.2 Å². The average molecular weight is 388 g/mol. The van der Waals surface area contributed by atoms with Crippen molar-refractivity contribution < 1.29 is 18.0 Å². The van der Waals surface area contributed by atoms with Gasteiger partial charge in [0.25, 0.3) is 5.91 Å². The molecule has 3 rings (SSSR count). The summed E-state index contributed by atoms with van der Waals surface area (Å²) in [4.78, 5) is 24.3. The minimum absolute atomic E-state index is 0.0240. The van der Waals surface area contributed by atoms with E-state index in [9.17, 15) is 18.0 Å². The molecule has 5 nitrogen and oxygen atoms in total. The van der Waals surface area contributed by atoms with E-state index in [2.05, 4.69) is 32.1 Å². The quantitative estimate of drug-likeness (QED) is 0.699. The molecule has 0 saturated heterocycles. The summed E-state index contributed by atoms with van der Waals surface area (Å²) in [6.07, 6.45) is -1.27. The molecule has 0 aliphatic carbocycles. The van der Waals surface area contributed by atoms with Crippen LogP contribution in [0.2, 0.25) is 0 Å². The molecule has 9 heteroatoms. The second kappa shape index (κ2) is 7.97. The third-order valence-electron chi connectivity index (χ3n) is 3.25. The number of hydrogen-bond acceptors (Lipinski definition) is 5. The van der Waals surface area contributed by atoms with Crippen LogP contribution in [0.3, 0.4) is 0 Å². The Hall–Kier alpha value is -3.25. The lowest BCUT2D eigenvalue weighted by Gasteiger charge is -2.05. The second-order valence-corrected chi connectivity index (χ2v) is 6.03. The number of halogens is 3. The van der Waals surface area contributed by atoms with E-state index in [1.165, 1.54) is 23.5 Å². The molecule has 136 valence electrons. The number of alkyl halides is 3. The molecule has 0 bridgehead atoms. The summed E-state index contributed by atoms with van der Waals surface area (Å²) in [5.74, 6) is 5.20. The molecule has 0 saturated carbocycles. The Bertz CT molecular complexity index is 1010. The van der Waals surface area contributed by atoms with Crippen LogP contribution in [-0.4, -0.2) is 27.4 Å². The average Bonchev–Trinajstić information content (AvgIpc) is 3.16. The standard InChI is InChI=1S/C18H11F3N4OS/c19-18(20,21)13-6-1-4-12(10-13)5-2-7-24-16(26)14-11-27-17(25-14)15-22-8-3-9-23-15/h1,3-4,6,8-11H,7H2,(H,24,26). The number of aromatic nitrogens is 3. The maximum Gasteiger partial charge on any atom is 0.416 e. The molecule has 1 N–H and O–H groups in total. The molecule has 1 aromatic carbocycles. The summed E-state index contributed by atoms with van der Waals surface area (Å²) in [7, 11) is 0. The van der Waals surface area contributed by atoms with Gasteiger partial charge in [-0.25, -0.2) is 15.0 Å². The van der Waals surface area contributed by atoms with Crippen molar-refractivity contribution in [1.29, 1.82) is 0 Å². The van der Waals surface area contributed by atoms with E-state index in [0.717, 1.165) is 12.1 Å². The normalized spacial score (nSPS) is 10.8. The molecule has 0 unspecified atom stereocenters. The van der Waals surface area contributed by atoms with Crippen LogP contribution in [0.25, 0.3) is 10.8 Å². The molecular weight excluding hydrogens is 377 g/mol. The first-order valence-electron chi connectivity index (χ1n) is 7.61. The summed E-state index contributed by atoms with van der Waals surface area (Å²) in [6.45, 7) is -0.0240. The van der Waals surface area contributed by atoms with Crippen LogP contribution < -0.4 is 5.32 Å². The van der Waals surface area contributed by atoms with Crippen molar-refractivity contribution in [3.8, 4) is 22.7 Å². The fourth-order valence-corrected chi connectivity index (χ4v) is 2.77. The van der Waals surface area contributed by atoms with Crippen molar-refractivity contribution in [2.24, 2.45) is 0 Å². The van der Waals surface area contributed by atoms with Gasteiger partial charge < -0.3 is 5.32 Å². The lowest BCUT2D eigenvalue weighted by molar-refractivity contribution is -0.137. The summed E-state index contributed by atoms with van der Waals surface area (Å²) >= 11 is 1.23.